The van der Waals surface area contributed by atoms with Crippen LogP contribution in [0.1, 0.15) is 17.4 Å². The molecule has 1 atom stereocenters. The maximum absolute atomic E-state index is 8.69. The van der Waals surface area contributed by atoms with Crippen molar-refractivity contribution >= 4 is 0 Å². The zero-order chi connectivity index (χ0) is 8.27. The second-order valence-electron chi connectivity index (χ2n) is 2.22. The van der Waals surface area contributed by atoms with Crippen molar-refractivity contribution in [1.29, 1.82) is 0 Å². The summed E-state index contributed by atoms with van der Waals surface area (Å²) in [5.41, 5.74) is 6.76. The van der Waals surface area contributed by atoms with Crippen LogP contribution < -0.4 is 5.73 Å². The molecule has 0 amide bonds. The van der Waals surface area contributed by atoms with Crippen LogP contribution in [-0.2, 0) is 0 Å². The van der Waals surface area contributed by atoms with Crippen molar-refractivity contribution < 1.29 is 5.11 Å². The highest BCUT2D eigenvalue weighted by Crippen LogP contribution is 2.06. The van der Waals surface area contributed by atoms with Gasteiger partial charge >= 0.3 is 0 Å². The van der Waals surface area contributed by atoms with Gasteiger partial charge < -0.3 is 10.8 Å². The molecule has 0 radical (unpaired) electrons. The van der Waals surface area contributed by atoms with Crippen LogP contribution in [0.2, 0.25) is 0 Å². The molecule has 60 valence electrons. The lowest BCUT2D eigenvalue weighted by molar-refractivity contribution is 0.264. The van der Waals surface area contributed by atoms with E-state index in [0.29, 0.717) is 11.4 Å². The first kappa shape index (κ1) is 8.03. The van der Waals surface area contributed by atoms with Gasteiger partial charge in [-0.05, 0) is 6.92 Å². The van der Waals surface area contributed by atoms with Crippen molar-refractivity contribution in [3.8, 4) is 0 Å². The summed E-state index contributed by atoms with van der Waals surface area (Å²) < 4.78 is 0. The van der Waals surface area contributed by atoms with E-state index in [9.17, 15) is 0 Å². The molecule has 0 aliphatic heterocycles. The van der Waals surface area contributed by atoms with E-state index < -0.39 is 6.04 Å². The Morgan fingerprint density at radius 3 is 3.00 bits per heavy atom. The zero-order valence-corrected chi connectivity index (χ0v) is 6.23. The summed E-state index contributed by atoms with van der Waals surface area (Å²) in [4.78, 5) is 3.88. The van der Waals surface area contributed by atoms with Gasteiger partial charge in [0.2, 0.25) is 0 Å². The van der Waals surface area contributed by atoms with Crippen LogP contribution >= 0.6 is 0 Å². The summed E-state index contributed by atoms with van der Waals surface area (Å²) in [5, 5.41) is 16.0. The molecular weight excluding hydrogens is 144 g/mol. The Bertz CT molecular complexity index is 240. The largest absolute Gasteiger partial charge is 0.394 e. The molecule has 1 unspecified atom stereocenters. The molecule has 0 saturated heterocycles. The van der Waals surface area contributed by atoms with Gasteiger partial charge in [0.15, 0.2) is 0 Å². The van der Waals surface area contributed by atoms with Crippen LogP contribution in [0.15, 0.2) is 6.33 Å². The van der Waals surface area contributed by atoms with Crippen molar-refractivity contribution in [2.24, 2.45) is 5.73 Å². The highest BCUT2D eigenvalue weighted by Gasteiger charge is 2.09. The van der Waals surface area contributed by atoms with E-state index >= 15 is 0 Å². The average Bonchev–Trinajstić information content (AvgIpc) is 2.04. The van der Waals surface area contributed by atoms with E-state index in [1.807, 2.05) is 0 Å². The van der Waals surface area contributed by atoms with Gasteiger partial charge in [-0.15, -0.1) is 5.10 Å². The van der Waals surface area contributed by atoms with Gasteiger partial charge in [0.1, 0.15) is 12.0 Å². The number of aromatic nitrogens is 3. The van der Waals surface area contributed by atoms with Crippen LogP contribution in [0.3, 0.4) is 0 Å². The molecule has 1 aromatic rings. The van der Waals surface area contributed by atoms with E-state index in [4.69, 9.17) is 10.8 Å². The van der Waals surface area contributed by atoms with Crippen molar-refractivity contribution in [1.82, 2.24) is 15.2 Å². The lowest BCUT2D eigenvalue weighted by atomic mass is 10.2. The van der Waals surface area contributed by atoms with Crippen LogP contribution in [0.4, 0.5) is 0 Å². The van der Waals surface area contributed by atoms with E-state index in [-0.39, 0.29) is 6.61 Å². The Balaban J connectivity index is 2.93. The molecular formula is C6H10N4O. The summed E-state index contributed by atoms with van der Waals surface area (Å²) in [6.45, 7) is 1.64. The highest BCUT2D eigenvalue weighted by atomic mass is 16.3. The van der Waals surface area contributed by atoms with Crippen LogP contribution in [0, 0.1) is 6.92 Å². The molecule has 5 nitrogen and oxygen atoms in total. The van der Waals surface area contributed by atoms with Crippen LogP contribution in [0.25, 0.3) is 0 Å². The Labute approximate surface area is 64.3 Å². The van der Waals surface area contributed by atoms with Gasteiger partial charge in [0.05, 0.1) is 18.3 Å². The average molecular weight is 154 g/mol. The van der Waals surface area contributed by atoms with E-state index in [2.05, 4.69) is 15.2 Å². The van der Waals surface area contributed by atoms with Gasteiger partial charge in [-0.2, -0.15) is 5.10 Å². The highest BCUT2D eigenvalue weighted by molar-refractivity contribution is 5.10. The molecule has 0 aromatic carbocycles. The maximum atomic E-state index is 8.69. The summed E-state index contributed by atoms with van der Waals surface area (Å²) in [7, 11) is 0. The van der Waals surface area contributed by atoms with E-state index in [1.54, 1.807) is 6.92 Å². The first-order chi connectivity index (χ1) is 5.25. The van der Waals surface area contributed by atoms with Crippen molar-refractivity contribution in [3.63, 3.8) is 0 Å². The fraction of sp³-hybridized carbons (Fsp3) is 0.500. The normalized spacial score (nSPS) is 13.0. The molecule has 1 heterocycles. The van der Waals surface area contributed by atoms with Gasteiger partial charge in [0, 0.05) is 0 Å². The smallest absolute Gasteiger partial charge is 0.138 e. The summed E-state index contributed by atoms with van der Waals surface area (Å²) in [6.07, 6.45) is 1.35. The first-order valence-electron chi connectivity index (χ1n) is 3.26. The minimum Gasteiger partial charge on any atom is -0.394 e. The van der Waals surface area contributed by atoms with Crippen molar-refractivity contribution in [2.45, 2.75) is 13.0 Å². The number of hydrogen-bond donors (Lipinski definition) is 2. The SMILES string of the molecule is Cc1ncnnc1C(N)CO. The second-order valence-corrected chi connectivity index (χ2v) is 2.22. The standard InChI is InChI=1S/C6H10N4O/c1-4-6(5(7)2-11)10-9-3-8-4/h3,5,11H,2,7H2,1H3. The number of nitrogens with two attached hydrogens (primary N) is 1. The molecule has 3 N–H and O–H groups in total. The molecule has 0 aliphatic carbocycles. The lowest BCUT2D eigenvalue weighted by Gasteiger charge is -2.06. The Morgan fingerprint density at radius 2 is 2.45 bits per heavy atom. The topological polar surface area (TPSA) is 84.9 Å². The number of aryl methyl sites for hydroxylation is 1. The first-order valence-corrected chi connectivity index (χ1v) is 3.26. The van der Waals surface area contributed by atoms with Crippen molar-refractivity contribution in [3.05, 3.63) is 17.7 Å². The second kappa shape index (κ2) is 3.36. The van der Waals surface area contributed by atoms with Crippen molar-refractivity contribution in [2.75, 3.05) is 6.61 Å². The fourth-order valence-corrected chi connectivity index (χ4v) is 0.768. The number of nitrogens with zero attached hydrogens (tertiary/aromatic N) is 3. The Morgan fingerprint density at radius 1 is 1.73 bits per heavy atom. The van der Waals surface area contributed by atoms with E-state index in [0.717, 1.165) is 0 Å². The molecule has 5 heteroatoms. The molecule has 0 saturated carbocycles. The summed E-state index contributed by atoms with van der Waals surface area (Å²) in [6, 6.07) is -0.476. The molecule has 1 rings (SSSR count). The van der Waals surface area contributed by atoms with Gasteiger partial charge in [-0.25, -0.2) is 4.98 Å². The lowest BCUT2D eigenvalue weighted by Crippen LogP contribution is -2.18. The van der Waals surface area contributed by atoms with Crippen LogP contribution in [0.5, 0.6) is 0 Å². The number of hydrogen-bond acceptors (Lipinski definition) is 5. The predicted molar refractivity (Wildman–Crippen MR) is 38.6 cm³/mol. The monoisotopic (exact) mass is 154 g/mol. The maximum Gasteiger partial charge on any atom is 0.138 e. The third kappa shape index (κ3) is 1.69. The zero-order valence-electron chi connectivity index (χ0n) is 6.23. The van der Waals surface area contributed by atoms with E-state index in [1.165, 1.54) is 6.33 Å². The van der Waals surface area contributed by atoms with Gasteiger partial charge in [0.25, 0.3) is 0 Å². The Hall–Kier alpha value is -1.07. The van der Waals surface area contributed by atoms with Gasteiger partial charge in [-0.3, -0.25) is 0 Å². The number of rotatable bonds is 2. The molecule has 0 spiro atoms. The summed E-state index contributed by atoms with van der Waals surface area (Å²) in [5.74, 6) is 0. The third-order valence-corrected chi connectivity index (χ3v) is 1.39. The fourth-order valence-electron chi connectivity index (χ4n) is 0.768. The predicted octanol–water partition coefficient (Wildman–Crippen LogP) is -0.828. The molecule has 0 fully saturated rings. The molecule has 11 heavy (non-hydrogen) atoms. The van der Waals surface area contributed by atoms with Crippen LogP contribution in [-0.4, -0.2) is 26.9 Å². The molecule has 0 aliphatic rings. The number of aliphatic hydroxyl groups excluding tert-OH is 1. The Kier molecular flexibility index (Phi) is 2.45. The number of aliphatic hydroxyl groups is 1. The summed E-state index contributed by atoms with van der Waals surface area (Å²) >= 11 is 0. The van der Waals surface area contributed by atoms with Gasteiger partial charge in [-0.1, -0.05) is 0 Å². The minimum absolute atomic E-state index is 0.138. The third-order valence-electron chi connectivity index (χ3n) is 1.39. The minimum atomic E-state index is -0.476. The quantitative estimate of drug-likeness (QED) is 0.581. The molecule has 1 aromatic heterocycles. The molecule has 0 bridgehead atoms.